The fourth-order valence-electron chi connectivity index (χ4n) is 10.4. The molecule has 2 fully saturated rings. The number of phenolic OH excluding ortho intramolecular Hbond substituents is 2. The third kappa shape index (κ3) is 15.6. The number of aliphatic carboxylic acids is 2. The molecule has 2 unspecified atom stereocenters. The zero-order valence-corrected chi connectivity index (χ0v) is 52.1. The molecule has 8 aromatic rings. The van der Waals surface area contributed by atoms with Crippen molar-refractivity contribution in [3.8, 4) is 11.5 Å². The molecule has 12 rings (SSSR count). The number of halogens is 2. The minimum atomic E-state index is -1.04. The molecule has 12 nitrogen and oxygen atoms in total. The van der Waals surface area contributed by atoms with Crippen LogP contribution in [0.2, 0.25) is 0 Å². The largest absolute Gasteiger partial charge is 0.508 e. The molecule has 8 aromatic carbocycles. The molecule has 2 aliphatic carbocycles. The molecule has 2 atom stereocenters. The average molecular weight is 1360 g/mol. The summed E-state index contributed by atoms with van der Waals surface area (Å²) in [5, 5.41) is 40.6. The Hall–Kier alpha value is -7.96. The second kappa shape index (κ2) is 29.0. The summed E-state index contributed by atoms with van der Waals surface area (Å²) in [4.78, 5) is 72.5. The molecule has 2 saturated heterocycles. The van der Waals surface area contributed by atoms with E-state index in [0.717, 1.165) is 38.2 Å². The molecular formula is C70H68I2O12. The Morgan fingerprint density at radius 1 is 0.560 bits per heavy atom. The third-order valence-corrected chi connectivity index (χ3v) is 20.2. The summed E-state index contributed by atoms with van der Waals surface area (Å²) >= 11 is 1.60. The van der Waals surface area contributed by atoms with E-state index in [0.29, 0.717) is 55.2 Å². The maximum atomic E-state index is 12.3. The molecule has 2 spiro atoms. The number of alkyl halides is 2. The quantitative estimate of drug-likeness (QED) is 0.0669. The van der Waals surface area contributed by atoms with Crippen molar-refractivity contribution in [2.75, 3.05) is 9.86 Å². The topological polar surface area (TPSA) is 202 Å². The van der Waals surface area contributed by atoms with E-state index in [2.05, 4.69) is 96.5 Å². The fraction of sp³-hybridized carbons (Fsp3) is 0.229. The van der Waals surface area contributed by atoms with Gasteiger partial charge in [-0.15, -0.1) is 0 Å². The van der Waals surface area contributed by atoms with Crippen molar-refractivity contribution in [2.24, 2.45) is 0 Å². The first-order chi connectivity index (χ1) is 40.1. The van der Waals surface area contributed by atoms with Gasteiger partial charge in [-0.25, -0.2) is 0 Å². The van der Waals surface area contributed by atoms with E-state index >= 15 is 0 Å². The molecular weight excluding hydrogens is 1290 g/mol. The second-order valence-electron chi connectivity index (χ2n) is 20.7. The number of carboxylic acids is 2. The van der Waals surface area contributed by atoms with Gasteiger partial charge in [-0.05, 0) is 111 Å². The monoisotopic (exact) mass is 1350 g/mol. The predicted octanol–water partition coefficient (Wildman–Crippen LogP) is 15.1. The first-order valence-corrected chi connectivity index (χ1v) is 33.8. The van der Waals surface area contributed by atoms with E-state index in [1.807, 2.05) is 109 Å². The number of benzene rings is 8. The van der Waals surface area contributed by atoms with Gasteiger partial charge < -0.3 is 29.9 Å². The van der Waals surface area contributed by atoms with Crippen LogP contribution in [-0.2, 0) is 51.9 Å². The van der Waals surface area contributed by atoms with Gasteiger partial charge in [0, 0.05) is 51.3 Å². The number of phenols is 2. The van der Waals surface area contributed by atoms with Crippen LogP contribution in [0.5, 0.6) is 11.5 Å². The number of hydrogen-bond donors (Lipinski definition) is 4. The van der Waals surface area contributed by atoms with E-state index in [-0.39, 0.29) is 47.8 Å². The number of aryl methyl sites for hydroxylation is 6. The number of carbonyl (C=O) groups excluding carboxylic acids is 4. The number of Topliss-reactive ketones (excluding diaryl/α,β-unsaturated/α-hetero) is 1. The molecule has 0 amide bonds. The Morgan fingerprint density at radius 2 is 1.10 bits per heavy atom. The maximum Gasteiger partial charge on any atom is 0.307 e. The van der Waals surface area contributed by atoms with E-state index in [1.54, 1.807) is 33.9 Å². The van der Waals surface area contributed by atoms with Gasteiger partial charge in [-0.3, -0.25) is 28.8 Å². The van der Waals surface area contributed by atoms with Gasteiger partial charge in [-0.1, -0.05) is 146 Å². The molecule has 84 heavy (non-hydrogen) atoms. The average Bonchev–Trinajstić information content (AvgIpc) is 2.40. The van der Waals surface area contributed by atoms with Crippen molar-refractivity contribution in [2.45, 2.75) is 90.3 Å². The van der Waals surface area contributed by atoms with Gasteiger partial charge in [0.05, 0.1) is 12.8 Å². The van der Waals surface area contributed by atoms with Gasteiger partial charge in [-0.2, -0.15) is 0 Å². The number of aromatic hydroxyl groups is 2. The number of ether oxygens (including phenoxy) is 2. The van der Waals surface area contributed by atoms with Crippen molar-refractivity contribution in [1.82, 2.24) is 0 Å². The van der Waals surface area contributed by atoms with Gasteiger partial charge in [0.25, 0.3) is 0 Å². The predicted molar refractivity (Wildman–Crippen MR) is 348 cm³/mol. The first-order valence-electron chi connectivity index (χ1n) is 27.3. The molecule has 2 heterocycles. The molecule has 434 valence electrons. The molecule has 4 aliphatic rings. The first kappa shape index (κ1) is 63.6. The van der Waals surface area contributed by atoms with Crippen molar-refractivity contribution >= 4 is 112 Å². The normalized spacial score (nSPS) is 16.8. The Labute approximate surface area is 510 Å². The van der Waals surface area contributed by atoms with E-state index in [9.17, 15) is 39.0 Å². The Bertz CT molecular complexity index is 3780. The van der Waals surface area contributed by atoms with Crippen molar-refractivity contribution in [1.29, 1.82) is 0 Å². The molecule has 0 saturated carbocycles. The molecule has 2 aliphatic heterocycles. The Kier molecular flexibility index (Phi) is 22.0. The maximum absolute atomic E-state index is 12.3. The number of carbonyl (C=O) groups is 6. The number of rotatable bonds is 7. The van der Waals surface area contributed by atoms with Crippen LogP contribution in [0.4, 0.5) is 0 Å². The summed E-state index contributed by atoms with van der Waals surface area (Å²) in [5.41, 5.74) is 8.34. The standard InChI is InChI=1S/2C13H10O3.2C13H12O3.C10H15I.C8H9I/c14-11-6-8-13(16-11)7-5-9-3-1-2-4-10(9)12(13)15;14-11-6-5-9-3-1-2-4-10(9)13(11)8-7-12(15)16-13;14-12-7-5-9-3-1-2-4-10(9)11(12)6-8-13(15)16;14-12(15)8-7-10-6-5-9-3-1-2-4-11(9)13(10)16;1-8-6-5-7-9(2)10(8)11(3)4;1-6-4-3-5-7(2)8(6)9/h1-5,7H,6,8H2;1-6H,7-8H2;1-5,7,14H,6,8H2,(H,15,16);1-6,16H,7-8H2,(H,14,15);5-7H,1-4H3;3-5H,1-2H3. The van der Waals surface area contributed by atoms with Crippen molar-refractivity contribution in [3.63, 3.8) is 0 Å². The van der Waals surface area contributed by atoms with Crippen molar-refractivity contribution < 1.29 is 58.7 Å². The summed E-state index contributed by atoms with van der Waals surface area (Å²) in [6.45, 7) is 8.71. The van der Waals surface area contributed by atoms with E-state index < -0.39 is 43.0 Å². The molecule has 14 heteroatoms. The Balaban J connectivity index is 0.000000146. The summed E-state index contributed by atoms with van der Waals surface area (Å²) in [6.07, 6.45) is 9.14. The van der Waals surface area contributed by atoms with Gasteiger partial charge >= 0.3 is 100 Å². The van der Waals surface area contributed by atoms with Crippen molar-refractivity contribution in [3.05, 3.63) is 233 Å². The minimum Gasteiger partial charge on any atom is -0.508 e. The van der Waals surface area contributed by atoms with Gasteiger partial charge in [0.1, 0.15) is 11.5 Å². The van der Waals surface area contributed by atoms with E-state index in [1.165, 1.54) is 31.9 Å². The van der Waals surface area contributed by atoms with Crippen LogP contribution in [0.15, 0.2) is 170 Å². The zero-order chi connectivity index (χ0) is 60.7. The van der Waals surface area contributed by atoms with E-state index in [4.69, 9.17) is 19.7 Å². The Morgan fingerprint density at radius 3 is 1.68 bits per heavy atom. The summed E-state index contributed by atoms with van der Waals surface area (Å²) < 4.78 is 13.5. The van der Waals surface area contributed by atoms with Crippen LogP contribution in [0, 0.1) is 34.8 Å². The smallest absolute Gasteiger partial charge is 0.307 e. The van der Waals surface area contributed by atoms with Gasteiger partial charge in [0.2, 0.25) is 11.6 Å². The zero-order valence-electron chi connectivity index (χ0n) is 47.8. The summed E-state index contributed by atoms with van der Waals surface area (Å²) in [6, 6.07) is 50.1. The SMILES string of the molecule is Cc1cccc(C)c1I.Cc1cccc(C)c1I(C)C.O=C(O)CCc1c(O)ccc2ccccc12.O=C(O)CCc1ccc2ccccc2c1O.O=C1CCC2(C=Cc3ccccc3C2=O)O1.O=C1CCC2(O1)C(=O)C=Cc1ccccc12. The molecule has 0 bridgehead atoms. The summed E-state index contributed by atoms with van der Waals surface area (Å²) in [7, 11) is 0. The van der Waals surface area contributed by atoms with Gasteiger partial charge in [0.15, 0.2) is 11.2 Å². The van der Waals surface area contributed by atoms with Crippen LogP contribution in [0.25, 0.3) is 33.7 Å². The number of fused-ring (bicyclic) bond motifs is 5. The molecule has 0 radical (unpaired) electrons. The summed E-state index contributed by atoms with van der Waals surface area (Å²) in [5.74, 6) is -2.16. The van der Waals surface area contributed by atoms with Crippen LogP contribution < -0.4 is 0 Å². The molecule has 4 N–H and O–H groups in total. The third-order valence-electron chi connectivity index (χ3n) is 14.6. The molecule has 0 aromatic heterocycles. The minimum absolute atomic E-state index is 0.0293. The number of hydrogen-bond acceptors (Lipinski definition) is 10. The van der Waals surface area contributed by atoms with Crippen LogP contribution in [0.3, 0.4) is 0 Å². The van der Waals surface area contributed by atoms with Crippen LogP contribution in [-0.4, -0.2) is 71.3 Å². The number of esters is 2. The van der Waals surface area contributed by atoms with Crippen LogP contribution >= 0.6 is 42.4 Å². The van der Waals surface area contributed by atoms with Crippen LogP contribution in [0.1, 0.15) is 99.0 Å². The second-order valence-corrected chi connectivity index (χ2v) is 27.2. The fourth-order valence-corrected chi connectivity index (χ4v) is 14.5. The number of carboxylic acid groups (broad SMARTS) is 2. The number of ketones is 2.